The van der Waals surface area contributed by atoms with Crippen molar-refractivity contribution in [1.29, 1.82) is 0 Å². The summed E-state index contributed by atoms with van der Waals surface area (Å²) in [6, 6.07) is 7.42. The summed E-state index contributed by atoms with van der Waals surface area (Å²) < 4.78 is 0. The van der Waals surface area contributed by atoms with Gasteiger partial charge in [0.2, 0.25) is 5.91 Å². The molecule has 0 atom stereocenters. The molecule has 0 fully saturated rings. The fraction of sp³-hybridized carbons (Fsp3) is 0. The normalized spacial score (nSPS) is 10.6. The molecule has 0 bridgehead atoms. The molecule has 7 heteroatoms. The summed E-state index contributed by atoms with van der Waals surface area (Å²) >= 11 is 0. The van der Waals surface area contributed by atoms with Gasteiger partial charge < -0.3 is 25.7 Å². The molecule has 0 saturated carbocycles. The smallest absolute Gasteiger partial charge is 0.337 e. The number of benzene rings is 2. The van der Waals surface area contributed by atoms with E-state index < -0.39 is 11.9 Å². The van der Waals surface area contributed by atoms with Crippen molar-refractivity contribution in [2.24, 2.45) is 0 Å². The highest BCUT2D eigenvalue weighted by Crippen LogP contribution is 2.24. The predicted octanol–water partition coefficient (Wildman–Crippen LogP) is 2.15. The molecule has 0 saturated heterocycles. The first-order valence-corrected chi connectivity index (χ1v) is 6.44. The van der Waals surface area contributed by atoms with Crippen LogP contribution in [-0.2, 0) is 4.79 Å². The minimum atomic E-state index is -1.30. The third kappa shape index (κ3) is 4.01. The summed E-state index contributed by atoms with van der Waals surface area (Å²) in [5.74, 6) is -2.46. The lowest BCUT2D eigenvalue weighted by molar-refractivity contribution is -0.111. The number of nitrogens with one attached hydrogen (secondary N) is 1. The van der Waals surface area contributed by atoms with Gasteiger partial charge in [0.1, 0.15) is 17.2 Å². The van der Waals surface area contributed by atoms with Gasteiger partial charge in [0.05, 0.1) is 11.3 Å². The quantitative estimate of drug-likeness (QED) is 0.434. The van der Waals surface area contributed by atoms with Crippen molar-refractivity contribution >= 4 is 23.6 Å². The van der Waals surface area contributed by atoms with Gasteiger partial charge in [-0.25, -0.2) is 4.79 Å². The number of aromatic hydroxyl groups is 3. The molecule has 0 spiro atoms. The van der Waals surface area contributed by atoms with Gasteiger partial charge in [0, 0.05) is 17.7 Å². The molecule has 2 rings (SSSR count). The van der Waals surface area contributed by atoms with Crippen LogP contribution in [0.15, 0.2) is 42.5 Å². The second-order valence-electron chi connectivity index (χ2n) is 4.60. The van der Waals surface area contributed by atoms with Crippen LogP contribution in [0.4, 0.5) is 5.69 Å². The molecule has 0 aliphatic carbocycles. The number of aromatic carboxylic acids is 1. The van der Waals surface area contributed by atoms with E-state index in [2.05, 4.69) is 5.32 Å². The molecule has 0 heterocycles. The predicted molar refractivity (Wildman–Crippen MR) is 82.5 cm³/mol. The molecular formula is C16H13NO6. The second kappa shape index (κ2) is 6.52. The van der Waals surface area contributed by atoms with E-state index in [1.807, 2.05) is 0 Å². The van der Waals surface area contributed by atoms with Gasteiger partial charge in [-0.2, -0.15) is 0 Å². The van der Waals surface area contributed by atoms with E-state index in [1.165, 1.54) is 30.3 Å². The number of carbonyl (C=O) groups is 2. The maximum Gasteiger partial charge on any atom is 0.337 e. The zero-order valence-electron chi connectivity index (χ0n) is 11.7. The van der Waals surface area contributed by atoms with Crippen LogP contribution in [0.25, 0.3) is 6.08 Å². The fourth-order valence-electron chi connectivity index (χ4n) is 1.83. The highest BCUT2D eigenvalue weighted by Gasteiger charge is 2.12. The number of amides is 1. The van der Waals surface area contributed by atoms with E-state index in [0.717, 1.165) is 18.2 Å². The molecule has 5 N–H and O–H groups in total. The van der Waals surface area contributed by atoms with Crippen molar-refractivity contribution < 1.29 is 30.0 Å². The van der Waals surface area contributed by atoms with Crippen LogP contribution in [0.3, 0.4) is 0 Å². The zero-order chi connectivity index (χ0) is 17.0. The molecule has 23 heavy (non-hydrogen) atoms. The summed E-state index contributed by atoms with van der Waals surface area (Å²) in [5.41, 5.74) is 0.0845. The highest BCUT2D eigenvalue weighted by atomic mass is 16.4. The minimum Gasteiger partial charge on any atom is -0.508 e. The number of carbonyl (C=O) groups excluding carboxylic acids is 1. The zero-order valence-corrected chi connectivity index (χ0v) is 11.7. The van der Waals surface area contributed by atoms with Crippen LogP contribution in [-0.4, -0.2) is 32.3 Å². The number of carboxylic acid groups (broad SMARTS) is 1. The Bertz CT molecular complexity index is 797. The lowest BCUT2D eigenvalue weighted by Gasteiger charge is -2.07. The number of anilines is 1. The first-order valence-electron chi connectivity index (χ1n) is 6.44. The number of carboxylic acids is 1. The van der Waals surface area contributed by atoms with E-state index in [4.69, 9.17) is 5.11 Å². The summed E-state index contributed by atoms with van der Waals surface area (Å²) in [6.07, 6.45) is 2.41. The number of phenols is 3. The maximum atomic E-state index is 11.8. The molecule has 2 aromatic carbocycles. The van der Waals surface area contributed by atoms with E-state index in [9.17, 15) is 24.9 Å². The molecule has 2 aromatic rings. The molecule has 0 unspecified atom stereocenters. The van der Waals surface area contributed by atoms with E-state index in [0.29, 0.717) is 5.56 Å². The summed E-state index contributed by atoms with van der Waals surface area (Å²) in [7, 11) is 0. The van der Waals surface area contributed by atoms with Gasteiger partial charge in [-0.1, -0.05) is 0 Å². The summed E-state index contributed by atoms with van der Waals surface area (Å²) in [5, 5.41) is 39.5. The molecule has 118 valence electrons. The van der Waals surface area contributed by atoms with Crippen molar-refractivity contribution in [3.63, 3.8) is 0 Å². The maximum absolute atomic E-state index is 11.8. The van der Waals surface area contributed by atoms with E-state index in [1.54, 1.807) is 0 Å². The lowest BCUT2D eigenvalue weighted by atomic mass is 10.1. The molecule has 0 aromatic heterocycles. The minimum absolute atomic E-state index is 0.0277. The van der Waals surface area contributed by atoms with Crippen LogP contribution in [0.2, 0.25) is 0 Å². The Morgan fingerprint density at radius 1 is 0.957 bits per heavy atom. The molecular weight excluding hydrogens is 302 g/mol. The number of phenolic OH excluding ortho intramolecular Hbond substituents is 3. The number of hydrogen-bond donors (Lipinski definition) is 5. The van der Waals surface area contributed by atoms with Crippen molar-refractivity contribution in [3.8, 4) is 17.2 Å². The largest absolute Gasteiger partial charge is 0.508 e. The SMILES string of the molecule is O=C(/C=C/c1ccc(O)cc1O)Nc1ccc(O)cc1C(=O)O. The van der Waals surface area contributed by atoms with E-state index >= 15 is 0 Å². The lowest BCUT2D eigenvalue weighted by Crippen LogP contribution is -2.11. The van der Waals surface area contributed by atoms with Crippen LogP contribution in [0, 0.1) is 0 Å². The van der Waals surface area contributed by atoms with Crippen molar-refractivity contribution in [2.45, 2.75) is 0 Å². The van der Waals surface area contributed by atoms with Crippen LogP contribution < -0.4 is 5.32 Å². The van der Waals surface area contributed by atoms with Crippen LogP contribution in [0.5, 0.6) is 17.2 Å². The Hall–Kier alpha value is -3.48. The van der Waals surface area contributed by atoms with Gasteiger partial charge in [0.25, 0.3) is 0 Å². The molecule has 0 aliphatic rings. The Morgan fingerprint density at radius 3 is 2.26 bits per heavy atom. The Morgan fingerprint density at radius 2 is 1.61 bits per heavy atom. The third-order valence-electron chi connectivity index (χ3n) is 2.92. The average Bonchev–Trinajstić information content (AvgIpc) is 2.48. The van der Waals surface area contributed by atoms with Crippen molar-refractivity contribution in [1.82, 2.24) is 0 Å². The molecule has 0 aliphatic heterocycles. The van der Waals surface area contributed by atoms with Gasteiger partial charge >= 0.3 is 5.97 Å². The Kier molecular flexibility index (Phi) is 4.51. The second-order valence-corrected chi connectivity index (χ2v) is 4.60. The number of hydrogen-bond acceptors (Lipinski definition) is 5. The third-order valence-corrected chi connectivity index (χ3v) is 2.92. The van der Waals surface area contributed by atoms with Gasteiger partial charge in [0.15, 0.2) is 0 Å². The molecule has 1 amide bonds. The first kappa shape index (κ1) is 15.9. The van der Waals surface area contributed by atoms with Crippen molar-refractivity contribution in [3.05, 3.63) is 53.6 Å². The van der Waals surface area contributed by atoms with Gasteiger partial charge in [-0.15, -0.1) is 0 Å². The van der Waals surface area contributed by atoms with Crippen LogP contribution in [0.1, 0.15) is 15.9 Å². The molecule has 0 radical (unpaired) electrons. The topological polar surface area (TPSA) is 127 Å². The first-order chi connectivity index (χ1) is 10.9. The van der Waals surface area contributed by atoms with Crippen LogP contribution >= 0.6 is 0 Å². The fourth-order valence-corrected chi connectivity index (χ4v) is 1.83. The standard InChI is InChI=1S/C16H13NO6/c18-10-4-5-13(12(7-10)16(22)23)17-15(21)6-2-9-1-3-11(19)8-14(9)20/h1-8,18-20H,(H,17,21)(H,22,23)/b6-2+. The Labute approximate surface area is 130 Å². The summed E-state index contributed by atoms with van der Waals surface area (Å²) in [6.45, 7) is 0. The van der Waals surface area contributed by atoms with Gasteiger partial charge in [-0.3, -0.25) is 4.79 Å². The molecule has 7 nitrogen and oxygen atoms in total. The van der Waals surface area contributed by atoms with Crippen molar-refractivity contribution in [2.75, 3.05) is 5.32 Å². The average molecular weight is 315 g/mol. The Balaban J connectivity index is 2.17. The monoisotopic (exact) mass is 315 g/mol. The van der Waals surface area contributed by atoms with E-state index in [-0.39, 0.29) is 28.5 Å². The number of rotatable bonds is 4. The highest BCUT2D eigenvalue weighted by molar-refractivity contribution is 6.06. The summed E-state index contributed by atoms with van der Waals surface area (Å²) in [4.78, 5) is 22.9. The van der Waals surface area contributed by atoms with Gasteiger partial charge in [-0.05, 0) is 36.4 Å².